The molecule has 1 atom stereocenters. The maximum atomic E-state index is 5.64. The molecule has 0 amide bonds. The highest BCUT2D eigenvalue weighted by Gasteiger charge is 2.11. The third-order valence-corrected chi connectivity index (χ3v) is 3.23. The minimum absolute atomic E-state index is 0.255. The summed E-state index contributed by atoms with van der Waals surface area (Å²) in [4.78, 5) is 1.33. The van der Waals surface area contributed by atoms with Crippen molar-refractivity contribution in [2.24, 2.45) is 5.84 Å². The normalized spacial score (nSPS) is 13.2. The van der Waals surface area contributed by atoms with Crippen LogP contribution in [0.5, 0.6) is 0 Å². The van der Waals surface area contributed by atoms with E-state index in [1.807, 2.05) is 0 Å². The van der Waals surface area contributed by atoms with E-state index in [9.17, 15) is 0 Å². The van der Waals surface area contributed by atoms with Crippen LogP contribution >= 0.6 is 22.9 Å². The first-order valence-electron chi connectivity index (χ1n) is 4.35. The summed E-state index contributed by atoms with van der Waals surface area (Å²) in [5, 5.41) is 2.09. The minimum Gasteiger partial charge on any atom is -0.271 e. The van der Waals surface area contributed by atoms with Gasteiger partial charge in [-0.05, 0) is 36.8 Å². The number of alkyl halides is 1. The Bertz CT molecular complexity index is 250. The van der Waals surface area contributed by atoms with Crippen molar-refractivity contribution in [3.05, 3.63) is 21.9 Å². The lowest BCUT2D eigenvalue weighted by Gasteiger charge is -2.14. The number of hydrogen-bond donors (Lipinski definition) is 2. The van der Waals surface area contributed by atoms with Gasteiger partial charge in [0.15, 0.2) is 0 Å². The summed E-state index contributed by atoms with van der Waals surface area (Å²) >= 11 is 7.39. The number of halogens is 1. The van der Waals surface area contributed by atoms with Crippen LogP contribution in [0.25, 0.3) is 0 Å². The van der Waals surface area contributed by atoms with Crippen LogP contribution in [0.2, 0.25) is 0 Å². The molecule has 0 spiro atoms. The molecule has 2 nitrogen and oxygen atoms in total. The molecule has 1 rings (SSSR count). The van der Waals surface area contributed by atoms with Crippen LogP contribution in [-0.4, -0.2) is 5.88 Å². The number of nitrogens with two attached hydrogens (primary N) is 1. The lowest BCUT2D eigenvalue weighted by atomic mass is 10.0. The Morgan fingerprint density at radius 1 is 1.69 bits per heavy atom. The van der Waals surface area contributed by atoms with Crippen molar-refractivity contribution < 1.29 is 0 Å². The predicted molar refractivity (Wildman–Crippen MR) is 59.1 cm³/mol. The number of nitrogens with one attached hydrogen (secondary N) is 1. The Hall–Kier alpha value is -0.0900. The lowest BCUT2D eigenvalue weighted by Crippen LogP contribution is -2.28. The van der Waals surface area contributed by atoms with E-state index in [4.69, 9.17) is 17.4 Å². The van der Waals surface area contributed by atoms with Gasteiger partial charge in [-0.25, -0.2) is 0 Å². The maximum absolute atomic E-state index is 5.64. The number of hydrazine groups is 1. The molecule has 4 heteroatoms. The van der Waals surface area contributed by atoms with Gasteiger partial charge in [0, 0.05) is 16.8 Å². The second kappa shape index (κ2) is 5.60. The molecule has 13 heavy (non-hydrogen) atoms. The summed E-state index contributed by atoms with van der Waals surface area (Å²) in [6.45, 7) is 2.12. The van der Waals surface area contributed by atoms with Crippen molar-refractivity contribution in [3.8, 4) is 0 Å². The van der Waals surface area contributed by atoms with E-state index >= 15 is 0 Å². The summed E-state index contributed by atoms with van der Waals surface area (Å²) in [6.07, 6.45) is 1.99. The van der Waals surface area contributed by atoms with Gasteiger partial charge in [-0.2, -0.15) is 0 Å². The lowest BCUT2D eigenvalue weighted by molar-refractivity contribution is 0.511. The summed E-state index contributed by atoms with van der Waals surface area (Å²) in [5.41, 5.74) is 4.13. The van der Waals surface area contributed by atoms with Crippen LogP contribution in [0, 0.1) is 6.92 Å². The Morgan fingerprint density at radius 3 is 2.92 bits per heavy atom. The highest BCUT2D eigenvalue weighted by atomic mass is 35.5. The largest absolute Gasteiger partial charge is 0.271 e. The Labute approximate surface area is 88.1 Å². The molecule has 1 aromatic heterocycles. The first-order valence-corrected chi connectivity index (χ1v) is 5.77. The van der Waals surface area contributed by atoms with E-state index in [1.54, 1.807) is 11.3 Å². The molecule has 0 aliphatic carbocycles. The van der Waals surface area contributed by atoms with Gasteiger partial charge in [0.1, 0.15) is 0 Å². The third kappa shape index (κ3) is 2.95. The molecule has 1 aromatic rings. The minimum atomic E-state index is 0.255. The van der Waals surface area contributed by atoms with Gasteiger partial charge >= 0.3 is 0 Å². The average Bonchev–Trinajstić information content (AvgIpc) is 2.54. The van der Waals surface area contributed by atoms with Crippen LogP contribution in [0.15, 0.2) is 11.4 Å². The number of thiophene rings is 1. The zero-order valence-electron chi connectivity index (χ0n) is 7.72. The fourth-order valence-electron chi connectivity index (χ4n) is 1.37. The van der Waals surface area contributed by atoms with Crippen LogP contribution in [0.1, 0.15) is 29.3 Å². The highest BCUT2D eigenvalue weighted by molar-refractivity contribution is 7.10. The van der Waals surface area contributed by atoms with Crippen molar-refractivity contribution >= 4 is 22.9 Å². The second-order valence-corrected chi connectivity index (χ2v) is 4.48. The number of rotatable bonds is 5. The SMILES string of the molecule is Cc1sccc1C(CCCCl)NN. The smallest absolute Gasteiger partial charge is 0.0471 e. The van der Waals surface area contributed by atoms with E-state index in [0.29, 0.717) is 5.88 Å². The van der Waals surface area contributed by atoms with Crippen LogP contribution in [0.4, 0.5) is 0 Å². The fraction of sp³-hybridized carbons (Fsp3) is 0.556. The van der Waals surface area contributed by atoms with E-state index < -0.39 is 0 Å². The second-order valence-electron chi connectivity index (χ2n) is 2.98. The summed E-state index contributed by atoms with van der Waals surface area (Å²) in [7, 11) is 0. The van der Waals surface area contributed by atoms with Crippen LogP contribution in [-0.2, 0) is 0 Å². The molecule has 0 saturated heterocycles. The van der Waals surface area contributed by atoms with E-state index in [2.05, 4.69) is 23.8 Å². The first kappa shape index (κ1) is 11.0. The molecule has 0 fully saturated rings. The zero-order valence-corrected chi connectivity index (χ0v) is 9.29. The molecule has 1 unspecified atom stereocenters. The third-order valence-electron chi connectivity index (χ3n) is 2.10. The standard InChI is InChI=1S/C9H15ClN2S/c1-7-8(4-6-13-7)9(12-11)3-2-5-10/h4,6,9,12H,2-3,5,11H2,1H3. The Morgan fingerprint density at radius 2 is 2.46 bits per heavy atom. The van der Waals surface area contributed by atoms with Gasteiger partial charge in [0.2, 0.25) is 0 Å². The quantitative estimate of drug-likeness (QED) is 0.453. The van der Waals surface area contributed by atoms with Gasteiger partial charge < -0.3 is 0 Å². The topological polar surface area (TPSA) is 38.0 Å². The molecule has 1 heterocycles. The van der Waals surface area contributed by atoms with Crippen LogP contribution in [0.3, 0.4) is 0 Å². The van der Waals surface area contributed by atoms with Crippen molar-refractivity contribution in [1.82, 2.24) is 5.43 Å². The molecule has 0 aromatic carbocycles. The molecular weight excluding hydrogens is 204 g/mol. The zero-order chi connectivity index (χ0) is 9.68. The summed E-state index contributed by atoms with van der Waals surface area (Å²) in [6, 6.07) is 2.38. The molecule has 0 radical (unpaired) electrons. The molecule has 0 bridgehead atoms. The van der Waals surface area contributed by atoms with Gasteiger partial charge in [-0.3, -0.25) is 11.3 Å². The molecule has 0 aliphatic heterocycles. The molecule has 0 aliphatic rings. The first-order chi connectivity index (χ1) is 6.29. The maximum Gasteiger partial charge on any atom is 0.0471 e. The monoisotopic (exact) mass is 218 g/mol. The number of aryl methyl sites for hydroxylation is 1. The predicted octanol–water partition coefficient (Wildman–Crippen LogP) is 2.58. The fourth-order valence-corrected chi connectivity index (χ4v) is 2.29. The van der Waals surface area contributed by atoms with Crippen molar-refractivity contribution in [1.29, 1.82) is 0 Å². The van der Waals surface area contributed by atoms with Gasteiger partial charge in [-0.1, -0.05) is 0 Å². The van der Waals surface area contributed by atoms with E-state index in [1.165, 1.54) is 10.4 Å². The van der Waals surface area contributed by atoms with Crippen molar-refractivity contribution in [2.75, 3.05) is 5.88 Å². The van der Waals surface area contributed by atoms with E-state index in [0.717, 1.165) is 12.8 Å². The van der Waals surface area contributed by atoms with Gasteiger partial charge in [0.05, 0.1) is 0 Å². The summed E-state index contributed by atoms with van der Waals surface area (Å²) < 4.78 is 0. The summed E-state index contributed by atoms with van der Waals surface area (Å²) in [5.74, 6) is 6.18. The van der Waals surface area contributed by atoms with Crippen molar-refractivity contribution in [3.63, 3.8) is 0 Å². The van der Waals surface area contributed by atoms with Gasteiger partial charge in [-0.15, -0.1) is 22.9 Å². The molecular formula is C9H15ClN2S. The van der Waals surface area contributed by atoms with Crippen molar-refractivity contribution in [2.45, 2.75) is 25.8 Å². The van der Waals surface area contributed by atoms with Crippen LogP contribution < -0.4 is 11.3 Å². The Balaban J connectivity index is 2.61. The molecule has 74 valence electrons. The molecule has 0 saturated carbocycles. The van der Waals surface area contributed by atoms with Gasteiger partial charge in [0.25, 0.3) is 0 Å². The highest BCUT2D eigenvalue weighted by Crippen LogP contribution is 2.25. The molecule has 3 N–H and O–H groups in total. The van der Waals surface area contributed by atoms with E-state index in [-0.39, 0.29) is 6.04 Å². The average molecular weight is 219 g/mol. The Kier molecular flexibility index (Phi) is 4.73. The number of hydrogen-bond acceptors (Lipinski definition) is 3.